The molecule has 0 unspecified atom stereocenters. The second kappa shape index (κ2) is 7.04. The van der Waals surface area contributed by atoms with Gasteiger partial charge in [-0.1, -0.05) is 19.8 Å². The Labute approximate surface area is 118 Å². The van der Waals surface area contributed by atoms with E-state index in [1.54, 1.807) is 4.31 Å². The van der Waals surface area contributed by atoms with Gasteiger partial charge in [-0.2, -0.15) is 4.31 Å². The molecule has 0 amide bonds. The third kappa shape index (κ3) is 4.17. The maximum absolute atomic E-state index is 12.5. The summed E-state index contributed by atoms with van der Waals surface area (Å²) in [7, 11) is -3.04. The van der Waals surface area contributed by atoms with Gasteiger partial charge in [-0.05, 0) is 51.1 Å². The van der Waals surface area contributed by atoms with Crippen molar-refractivity contribution in [3.8, 4) is 0 Å². The number of nitrogens with zero attached hydrogens (tertiary/aromatic N) is 1. The maximum atomic E-state index is 12.5. The first-order valence-electron chi connectivity index (χ1n) is 7.83. The minimum absolute atomic E-state index is 0.281. The van der Waals surface area contributed by atoms with Crippen LogP contribution in [0.1, 0.15) is 51.9 Å². The molecule has 2 aliphatic rings. The van der Waals surface area contributed by atoms with Gasteiger partial charge in [-0.3, -0.25) is 0 Å². The molecule has 1 N–H and O–H groups in total. The lowest BCUT2D eigenvalue weighted by Gasteiger charge is -2.28. The third-order valence-corrected chi connectivity index (χ3v) is 6.67. The fourth-order valence-corrected chi connectivity index (χ4v) is 5.40. The molecular formula is C14H28N2O2S. The van der Waals surface area contributed by atoms with Crippen molar-refractivity contribution in [2.75, 3.05) is 25.4 Å². The van der Waals surface area contributed by atoms with Gasteiger partial charge in [0.2, 0.25) is 10.0 Å². The van der Waals surface area contributed by atoms with Crippen LogP contribution in [-0.2, 0) is 10.0 Å². The van der Waals surface area contributed by atoms with Crippen LogP contribution in [0.3, 0.4) is 0 Å². The van der Waals surface area contributed by atoms with Crippen molar-refractivity contribution in [1.29, 1.82) is 0 Å². The van der Waals surface area contributed by atoms with Gasteiger partial charge in [-0.15, -0.1) is 0 Å². The number of rotatable bonds is 6. The van der Waals surface area contributed by atoms with Gasteiger partial charge >= 0.3 is 0 Å². The molecule has 0 atom stereocenters. The van der Waals surface area contributed by atoms with Crippen LogP contribution in [0.5, 0.6) is 0 Å². The lowest BCUT2D eigenvalue weighted by Crippen LogP contribution is -2.40. The molecule has 0 aromatic heterocycles. The Morgan fingerprint density at radius 1 is 1.11 bits per heavy atom. The molecule has 5 heteroatoms. The Bertz CT molecular complexity index is 358. The van der Waals surface area contributed by atoms with Crippen molar-refractivity contribution >= 4 is 10.0 Å². The quantitative estimate of drug-likeness (QED) is 0.813. The highest BCUT2D eigenvalue weighted by Gasteiger charge is 2.31. The Balaban J connectivity index is 1.88. The summed E-state index contributed by atoms with van der Waals surface area (Å²) < 4.78 is 26.8. The fourth-order valence-electron chi connectivity index (χ4n) is 3.48. The third-order valence-electron chi connectivity index (χ3n) is 4.64. The highest BCUT2D eigenvalue weighted by molar-refractivity contribution is 7.89. The van der Waals surface area contributed by atoms with Crippen molar-refractivity contribution in [3.05, 3.63) is 0 Å². The molecule has 1 heterocycles. The van der Waals surface area contributed by atoms with Crippen LogP contribution in [0.15, 0.2) is 0 Å². The molecule has 0 aromatic carbocycles. The molecule has 1 aliphatic heterocycles. The number of sulfonamides is 1. The van der Waals surface area contributed by atoms with Crippen molar-refractivity contribution in [2.24, 2.45) is 5.92 Å². The van der Waals surface area contributed by atoms with E-state index in [0.29, 0.717) is 18.2 Å². The summed E-state index contributed by atoms with van der Waals surface area (Å²) in [6.45, 7) is 4.70. The zero-order chi connectivity index (χ0) is 13.7. The van der Waals surface area contributed by atoms with E-state index < -0.39 is 10.0 Å². The van der Waals surface area contributed by atoms with Crippen LogP contribution >= 0.6 is 0 Å². The molecule has 2 fully saturated rings. The van der Waals surface area contributed by atoms with Gasteiger partial charge in [0.05, 0.1) is 5.75 Å². The predicted octanol–water partition coefficient (Wildman–Crippen LogP) is 1.97. The zero-order valence-electron chi connectivity index (χ0n) is 12.1. The molecule has 4 nitrogen and oxygen atoms in total. The first-order valence-corrected chi connectivity index (χ1v) is 9.44. The summed E-state index contributed by atoms with van der Waals surface area (Å²) in [6.07, 6.45) is 7.58. The van der Waals surface area contributed by atoms with Gasteiger partial charge in [-0.25, -0.2) is 8.42 Å². The monoisotopic (exact) mass is 288 g/mol. The summed E-state index contributed by atoms with van der Waals surface area (Å²) in [6, 6.07) is 0.281. The lowest BCUT2D eigenvalue weighted by molar-refractivity contribution is 0.327. The lowest BCUT2D eigenvalue weighted by atomic mass is 9.96. The van der Waals surface area contributed by atoms with Gasteiger partial charge in [0.25, 0.3) is 0 Å². The Morgan fingerprint density at radius 2 is 1.74 bits per heavy atom. The molecular weight excluding hydrogens is 260 g/mol. The second-order valence-electron chi connectivity index (χ2n) is 5.94. The summed E-state index contributed by atoms with van der Waals surface area (Å²) in [5.41, 5.74) is 0. The molecule has 0 radical (unpaired) electrons. The Hall–Kier alpha value is -0.130. The molecule has 0 spiro atoms. The smallest absolute Gasteiger partial charge is 0.214 e. The van der Waals surface area contributed by atoms with E-state index in [4.69, 9.17) is 0 Å². The van der Waals surface area contributed by atoms with Crippen LogP contribution < -0.4 is 5.32 Å². The van der Waals surface area contributed by atoms with Gasteiger partial charge in [0.1, 0.15) is 0 Å². The maximum Gasteiger partial charge on any atom is 0.214 e. The molecule has 19 heavy (non-hydrogen) atoms. The summed E-state index contributed by atoms with van der Waals surface area (Å²) >= 11 is 0. The summed E-state index contributed by atoms with van der Waals surface area (Å²) in [5.74, 6) is 0.945. The van der Waals surface area contributed by atoms with E-state index in [1.807, 2.05) is 6.92 Å². The average molecular weight is 288 g/mol. The molecule has 0 aromatic rings. The van der Waals surface area contributed by atoms with Crippen LogP contribution in [0.2, 0.25) is 0 Å². The summed E-state index contributed by atoms with van der Waals surface area (Å²) in [4.78, 5) is 0. The minimum Gasteiger partial charge on any atom is -0.317 e. The molecule has 1 saturated carbocycles. The minimum atomic E-state index is -3.04. The van der Waals surface area contributed by atoms with E-state index in [0.717, 1.165) is 45.2 Å². The molecule has 112 valence electrons. The van der Waals surface area contributed by atoms with Crippen molar-refractivity contribution < 1.29 is 8.42 Å². The van der Waals surface area contributed by atoms with Crippen LogP contribution in [0.25, 0.3) is 0 Å². The van der Waals surface area contributed by atoms with E-state index >= 15 is 0 Å². The molecule has 2 rings (SSSR count). The van der Waals surface area contributed by atoms with E-state index in [2.05, 4.69) is 5.32 Å². The zero-order valence-corrected chi connectivity index (χ0v) is 12.9. The molecule has 1 saturated heterocycles. The predicted molar refractivity (Wildman–Crippen MR) is 78.6 cm³/mol. The second-order valence-corrected chi connectivity index (χ2v) is 7.98. The van der Waals surface area contributed by atoms with Crippen LogP contribution in [0, 0.1) is 5.92 Å². The first-order chi connectivity index (χ1) is 9.13. The van der Waals surface area contributed by atoms with E-state index in [1.165, 1.54) is 12.8 Å². The number of piperidine rings is 1. The Kier molecular flexibility index (Phi) is 5.66. The van der Waals surface area contributed by atoms with E-state index in [9.17, 15) is 8.42 Å². The molecule has 0 bridgehead atoms. The Morgan fingerprint density at radius 3 is 2.32 bits per heavy atom. The topological polar surface area (TPSA) is 49.4 Å². The van der Waals surface area contributed by atoms with Crippen molar-refractivity contribution in [2.45, 2.75) is 57.9 Å². The van der Waals surface area contributed by atoms with Crippen molar-refractivity contribution in [1.82, 2.24) is 9.62 Å². The first kappa shape index (κ1) is 15.3. The normalized spacial score (nSPS) is 23.3. The summed E-state index contributed by atoms with van der Waals surface area (Å²) in [5, 5.41) is 3.33. The van der Waals surface area contributed by atoms with Crippen molar-refractivity contribution in [3.63, 3.8) is 0 Å². The number of hydrogen-bond donors (Lipinski definition) is 1. The standard InChI is InChI=1S/C14H28N2O2S/c1-2-16(14-5-3-4-6-14)19(17,18)12-9-13-7-10-15-11-8-13/h13-15H,2-12H2,1H3. The average Bonchev–Trinajstić information content (AvgIpc) is 2.92. The van der Waals surface area contributed by atoms with Crippen LogP contribution in [0.4, 0.5) is 0 Å². The number of hydrogen-bond acceptors (Lipinski definition) is 3. The largest absolute Gasteiger partial charge is 0.317 e. The number of nitrogens with one attached hydrogen (secondary N) is 1. The van der Waals surface area contributed by atoms with Gasteiger partial charge in [0, 0.05) is 12.6 Å². The van der Waals surface area contributed by atoms with E-state index in [-0.39, 0.29) is 6.04 Å². The highest BCUT2D eigenvalue weighted by atomic mass is 32.2. The molecule has 1 aliphatic carbocycles. The highest BCUT2D eigenvalue weighted by Crippen LogP contribution is 2.26. The van der Waals surface area contributed by atoms with Gasteiger partial charge < -0.3 is 5.32 Å². The van der Waals surface area contributed by atoms with Gasteiger partial charge in [0.15, 0.2) is 0 Å². The fraction of sp³-hybridized carbons (Fsp3) is 1.00. The SMILES string of the molecule is CCN(C1CCCC1)S(=O)(=O)CCC1CCNCC1. The van der Waals surface area contributed by atoms with Crippen LogP contribution in [-0.4, -0.2) is 44.2 Å².